The van der Waals surface area contributed by atoms with E-state index in [2.05, 4.69) is 4.72 Å². The lowest BCUT2D eigenvalue weighted by Crippen LogP contribution is -2.48. The van der Waals surface area contributed by atoms with Crippen molar-refractivity contribution in [3.05, 3.63) is 17.5 Å². The minimum absolute atomic E-state index is 0.262. The van der Waals surface area contributed by atoms with Crippen LogP contribution in [0.3, 0.4) is 0 Å². The van der Waals surface area contributed by atoms with Gasteiger partial charge in [0.25, 0.3) is 10.0 Å². The minimum atomic E-state index is -3.40. The van der Waals surface area contributed by atoms with Crippen LogP contribution in [0.1, 0.15) is 13.8 Å². The molecule has 1 aromatic heterocycles. The molecule has 0 spiro atoms. The van der Waals surface area contributed by atoms with Crippen LogP contribution >= 0.6 is 11.3 Å². The van der Waals surface area contributed by atoms with Crippen LogP contribution in [0.25, 0.3) is 0 Å². The average Bonchev–Trinajstić information content (AvgIpc) is 2.54. The van der Waals surface area contributed by atoms with Crippen LogP contribution in [0.4, 0.5) is 0 Å². The molecule has 0 aliphatic carbocycles. The molecule has 14 heavy (non-hydrogen) atoms. The fourth-order valence-corrected chi connectivity index (χ4v) is 3.29. The summed E-state index contributed by atoms with van der Waals surface area (Å²) in [5, 5.41) is 1.73. The Balaban J connectivity index is 2.89. The van der Waals surface area contributed by atoms with E-state index in [0.29, 0.717) is 4.21 Å². The Morgan fingerprint density at radius 1 is 1.57 bits per heavy atom. The molecule has 80 valence electrons. The highest BCUT2D eigenvalue weighted by Gasteiger charge is 2.25. The molecule has 0 aromatic carbocycles. The molecule has 0 aliphatic heterocycles. The second kappa shape index (κ2) is 3.98. The van der Waals surface area contributed by atoms with Crippen LogP contribution in [0, 0.1) is 0 Å². The van der Waals surface area contributed by atoms with Crippen LogP contribution in [0.2, 0.25) is 0 Å². The van der Waals surface area contributed by atoms with Crippen molar-refractivity contribution in [3.63, 3.8) is 0 Å². The molecular formula is C8H14N2O2S2. The van der Waals surface area contributed by atoms with E-state index in [9.17, 15) is 8.42 Å². The third-order valence-corrected chi connectivity index (χ3v) is 4.78. The number of sulfonamides is 1. The second-order valence-electron chi connectivity index (χ2n) is 3.63. The molecule has 0 fully saturated rings. The fourth-order valence-electron chi connectivity index (χ4n) is 0.872. The zero-order valence-electron chi connectivity index (χ0n) is 8.15. The summed E-state index contributed by atoms with van der Waals surface area (Å²) in [6.07, 6.45) is 0. The molecule has 0 bridgehead atoms. The third kappa shape index (κ3) is 2.78. The molecular weight excluding hydrogens is 220 g/mol. The monoisotopic (exact) mass is 234 g/mol. The van der Waals surface area contributed by atoms with Gasteiger partial charge in [-0.15, -0.1) is 11.3 Å². The van der Waals surface area contributed by atoms with Crippen LogP contribution in [-0.4, -0.2) is 20.5 Å². The summed E-state index contributed by atoms with van der Waals surface area (Å²) in [5.41, 5.74) is 4.84. The van der Waals surface area contributed by atoms with Gasteiger partial charge in [0.1, 0.15) is 4.21 Å². The maximum atomic E-state index is 11.7. The lowest BCUT2D eigenvalue weighted by atomic mass is 10.1. The van der Waals surface area contributed by atoms with Gasteiger partial charge in [-0.3, -0.25) is 0 Å². The number of hydrogen-bond acceptors (Lipinski definition) is 4. The topological polar surface area (TPSA) is 72.2 Å². The first-order valence-electron chi connectivity index (χ1n) is 4.15. The van der Waals surface area contributed by atoms with Crippen molar-refractivity contribution in [2.24, 2.45) is 5.73 Å². The molecule has 0 saturated carbocycles. The van der Waals surface area contributed by atoms with Gasteiger partial charge in [0.05, 0.1) is 0 Å². The Bertz CT molecular complexity index is 381. The van der Waals surface area contributed by atoms with Gasteiger partial charge in [0.15, 0.2) is 0 Å². The number of nitrogens with two attached hydrogens (primary N) is 1. The standard InChI is InChI=1S/C8H14N2O2S2/c1-8(2,6-9)10-14(11,12)7-4-3-5-13-7/h3-5,10H,6,9H2,1-2H3. The smallest absolute Gasteiger partial charge is 0.250 e. The molecule has 0 radical (unpaired) electrons. The van der Waals surface area contributed by atoms with Crippen molar-refractivity contribution >= 4 is 21.4 Å². The highest BCUT2D eigenvalue weighted by molar-refractivity contribution is 7.91. The van der Waals surface area contributed by atoms with Crippen molar-refractivity contribution in [1.82, 2.24) is 4.72 Å². The summed E-state index contributed by atoms with van der Waals surface area (Å²) in [6.45, 7) is 3.76. The maximum absolute atomic E-state index is 11.7. The van der Waals surface area contributed by atoms with Gasteiger partial charge in [0, 0.05) is 12.1 Å². The summed E-state index contributed by atoms with van der Waals surface area (Å²) in [6, 6.07) is 3.27. The molecule has 1 heterocycles. The minimum Gasteiger partial charge on any atom is -0.329 e. The van der Waals surface area contributed by atoms with Gasteiger partial charge in [-0.1, -0.05) is 6.07 Å². The Hall–Kier alpha value is -0.430. The lowest BCUT2D eigenvalue weighted by molar-refractivity contribution is 0.463. The van der Waals surface area contributed by atoms with E-state index < -0.39 is 15.6 Å². The highest BCUT2D eigenvalue weighted by Crippen LogP contribution is 2.17. The van der Waals surface area contributed by atoms with E-state index in [-0.39, 0.29) is 6.54 Å². The van der Waals surface area contributed by atoms with Crippen molar-refractivity contribution in [2.45, 2.75) is 23.6 Å². The van der Waals surface area contributed by atoms with E-state index in [1.165, 1.54) is 11.3 Å². The van der Waals surface area contributed by atoms with E-state index in [1.807, 2.05) is 0 Å². The quantitative estimate of drug-likeness (QED) is 0.808. The van der Waals surface area contributed by atoms with Crippen LogP contribution < -0.4 is 10.5 Å². The summed E-state index contributed by atoms with van der Waals surface area (Å²) in [5.74, 6) is 0. The van der Waals surface area contributed by atoms with Crippen molar-refractivity contribution in [3.8, 4) is 0 Å². The summed E-state index contributed by atoms with van der Waals surface area (Å²) < 4.78 is 26.3. The van der Waals surface area contributed by atoms with Crippen LogP contribution in [-0.2, 0) is 10.0 Å². The molecule has 1 aromatic rings. The molecule has 0 aliphatic rings. The first-order chi connectivity index (χ1) is 6.37. The van der Waals surface area contributed by atoms with E-state index in [4.69, 9.17) is 5.73 Å². The summed E-state index contributed by atoms with van der Waals surface area (Å²) >= 11 is 1.19. The lowest BCUT2D eigenvalue weighted by Gasteiger charge is -2.23. The molecule has 3 N–H and O–H groups in total. The van der Waals surface area contributed by atoms with Gasteiger partial charge in [-0.05, 0) is 25.3 Å². The maximum Gasteiger partial charge on any atom is 0.250 e. The van der Waals surface area contributed by atoms with Gasteiger partial charge >= 0.3 is 0 Å². The SMILES string of the molecule is CC(C)(CN)NS(=O)(=O)c1cccs1. The first-order valence-corrected chi connectivity index (χ1v) is 6.51. The Labute approximate surface area is 88.2 Å². The van der Waals surface area contributed by atoms with Crippen molar-refractivity contribution in [2.75, 3.05) is 6.54 Å². The third-order valence-electron chi connectivity index (χ3n) is 1.68. The molecule has 0 amide bonds. The molecule has 6 heteroatoms. The van der Waals surface area contributed by atoms with E-state index in [1.54, 1.807) is 31.4 Å². The average molecular weight is 234 g/mol. The largest absolute Gasteiger partial charge is 0.329 e. The molecule has 0 saturated heterocycles. The predicted octanol–water partition coefficient (Wildman–Crippen LogP) is 0.764. The molecule has 0 unspecified atom stereocenters. The number of hydrogen-bond donors (Lipinski definition) is 2. The van der Waals surface area contributed by atoms with E-state index in [0.717, 1.165) is 0 Å². The number of nitrogens with one attached hydrogen (secondary N) is 1. The predicted molar refractivity (Wildman–Crippen MR) is 57.8 cm³/mol. The molecule has 1 rings (SSSR count). The summed E-state index contributed by atoms with van der Waals surface area (Å²) in [4.78, 5) is 0. The molecule has 0 atom stereocenters. The fraction of sp³-hybridized carbons (Fsp3) is 0.500. The Morgan fingerprint density at radius 2 is 2.21 bits per heavy atom. The Morgan fingerprint density at radius 3 is 2.64 bits per heavy atom. The van der Waals surface area contributed by atoms with Gasteiger partial charge < -0.3 is 5.73 Å². The second-order valence-corrected chi connectivity index (χ2v) is 6.48. The first kappa shape index (κ1) is 11.6. The summed E-state index contributed by atoms with van der Waals surface area (Å²) in [7, 11) is -3.40. The zero-order chi connectivity index (χ0) is 10.8. The highest BCUT2D eigenvalue weighted by atomic mass is 32.2. The number of rotatable bonds is 4. The van der Waals surface area contributed by atoms with Crippen LogP contribution in [0.5, 0.6) is 0 Å². The number of thiophene rings is 1. The van der Waals surface area contributed by atoms with Gasteiger partial charge in [-0.25, -0.2) is 13.1 Å². The normalized spacial score (nSPS) is 13.1. The van der Waals surface area contributed by atoms with Gasteiger partial charge in [0.2, 0.25) is 0 Å². The molecule has 4 nitrogen and oxygen atoms in total. The Kier molecular flexibility index (Phi) is 3.31. The van der Waals surface area contributed by atoms with Crippen molar-refractivity contribution in [1.29, 1.82) is 0 Å². The van der Waals surface area contributed by atoms with Crippen molar-refractivity contribution < 1.29 is 8.42 Å². The zero-order valence-corrected chi connectivity index (χ0v) is 9.78. The van der Waals surface area contributed by atoms with E-state index >= 15 is 0 Å². The van der Waals surface area contributed by atoms with Gasteiger partial charge in [-0.2, -0.15) is 0 Å². The van der Waals surface area contributed by atoms with Crippen LogP contribution in [0.15, 0.2) is 21.7 Å².